The number of hydrogen-bond acceptors (Lipinski definition) is 1. The van der Waals surface area contributed by atoms with Crippen molar-refractivity contribution in [3.63, 3.8) is 0 Å². The number of benzene rings is 6. The van der Waals surface area contributed by atoms with Crippen molar-refractivity contribution in [3.8, 4) is 33.4 Å². The van der Waals surface area contributed by atoms with Crippen molar-refractivity contribution in [2.75, 3.05) is 4.90 Å². The smallest absolute Gasteiger partial charge is 0.0465 e. The molecule has 0 saturated heterocycles. The molecule has 226 valence electrons. The Morgan fingerprint density at radius 1 is 0.457 bits per heavy atom. The molecule has 1 heteroatoms. The first-order chi connectivity index (χ1) is 22.6. The van der Waals surface area contributed by atoms with E-state index in [-0.39, 0.29) is 5.41 Å². The Bertz CT molecular complexity index is 1980. The summed E-state index contributed by atoms with van der Waals surface area (Å²) in [6.45, 7) is 4.73. The van der Waals surface area contributed by atoms with Gasteiger partial charge in [-0.25, -0.2) is 0 Å². The minimum Gasteiger partial charge on any atom is -0.310 e. The van der Waals surface area contributed by atoms with Crippen molar-refractivity contribution in [1.29, 1.82) is 0 Å². The van der Waals surface area contributed by atoms with E-state index in [2.05, 4.69) is 164 Å². The molecule has 1 saturated carbocycles. The third kappa shape index (κ3) is 5.14. The first-order valence-corrected chi connectivity index (χ1v) is 17.0. The summed E-state index contributed by atoms with van der Waals surface area (Å²) in [7, 11) is 0. The van der Waals surface area contributed by atoms with Gasteiger partial charge in [0.05, 0.1) is 0 Å². The monoisotopic (exact) mass is 595 g/mol. The molecule has 0 atom stereocenters. The zero-order chi connectivity index (χ0) is 31.1. The van der Waals surface area contributed by atoms with Gasteiger partial charge in [0.15, 0.2) is 0 Å². The highest BCUT2D eigenvalue weighted by molar-refractivity contribution is 5.86. The molecule has 8 rings (SSSR count). The minimum absolute atomic E-state index is 0.0495. The molecule has 2 aliphatic rings. The van der Waals surface area contributed by atoms with Gasteiger partial charge >= 0.3 is 0 Å². The van der Waals surface area contributed by atoms with Gasteiger partial charge in [-0.15, -0.1) is 0 Å². The minimum atomic E-state index is -0.0495. The molecule has 0 N–H and O–H groups in total. The quantitative estimate of drug-likeness (QED) is 0.185. The molecule has 1 fully saturated rings. The van der Waals surface area contributed by atoms with E-state index in [9.17, 15) is 0 Å². The van der Waals surface area contributed by atoms with Crippen molar-refractivity contribution in [3.05, 3.63) is 162 Å². The molecule has 46 heavy (non-hydrogen) atoms. The van der Waals surface area contributed by atoms with Gasteiger partial charge in [-0.1, -0.05) is 136 Å². The molecule has 0 bridgehead atoms. The highest BCUT2D eigenvalue weighted by Crippen LogP contribution is 2.50. The van der Waals surface area contributed by atoms with Crippen LogP contribution in [0, 0.1) is 0 Å². The Morgan fingerprint density at radius 2 is 1.02 bits per heavy atom. The second kappa shape index (κ2) is 11.8. The van der Waals surface area contributed by atoms with E-state index in [4.69, 9.17) is 0 Å². The second-order valence-electron chi connectivity index (χ2n) is 13.7. The molecule has 0 radical (unpaired) electrons. The fourth-order valence-electron chi connectivity index (χ4n) is 7.92. The fourth-order valence-corrected chi connectivity index (χ4v) is 7.92. The number of anilines is 3. The number of fused-ring (bicyclic) bond motifs is 3. The van der Waals surface area contributed by atoms with Crippen LogP contribution in [0.25, 0.3) is 33.4 Å². The molecule has 0 spiro atoms. The Labute approximate surface area is 274 Å². The topological polar surface area (TPSA) is 3.24 Å². The van der Waals surface area contributed by atoms with Crippen LogP contribution in [0.3, 0.4) is 0 Å². The SMILES string of the molecule is CC1(C)c2ccccc2-c2ccc(N(c3ccc(-c4cccc(-c5ccccc5)c4)cc3)c3ccc(C4CCCCC4)cc3)cc21. The fraction of sp³-hybridized carbons (Fsp3) is 0.200. The normalized spacial score (nSPS) is 15.3. The summed E-state index contributed by atoms with van der Waals surface area (Å²) in [5.41, 5.74) is 15.5. The van der Waals surface area contributed by atoms with Crippen LogP contribution >= 0.6 is 0 Å². The third-order valence-corrected chi connectivity index (χ3v) is 10.5. The summed E-state index contributed by atoms with van der Waals surface area (Å²) in [5, 5.41) is 0. The summed E-state index contributed by atoms with van der Waals surface area (Å²) in [4.78, 5) is 2.44. The lowest BCUT2D eigenvalue weighted by Crippen LogP contribution is -2.16. The molecule has 0 aliphatic heterocycles. The largest absolute Gasteiger partial charge is 0.310 e. The Hall–Kier alpha value is -4.88. The summed E-state index contributed by atoms with van der Waals surface area (Å²) >= 11 is 0. The summed E-state index contributed by atoms with van der Waals surface area (Å²) in [6.07, 6.45) is 6.72. The van der Waals surface area contributed by atoms with Crippen LogP contribution in [-0.4, -0.2) is 0 Å². The van der Waals surface area contributed by atoms with Crippen molar-refractivity contribution < 1.29 is 0 Å². The molecule has 0 heterocycles. The lowest BCUT2D eigenvalue weighted by molar-refractivity contribution is 0.443. The van der Waals surface area contributed by atoms with Gasteiger partial charge in [-0.05, 0) is 111 Å². The van der Waals surface area contributed by atoms with Gasteiger partial charge in [0.1, 0.15) is 0 Å². The van der Waals surface area contributed by atoms with Gasteiger partial charge in [-0.3, -0.25) is 0 Å². The molecule has 0 amide bonds. The molecule has 0 aromatic heterocycles. The van der Waals surface area contributed by atoms with Crippen LogP contribution < -0.4 is 4.90 Å². The highest BCUT2D eigenvalue weighted by Gasteiger charge is 2.35. The summed E-state index contributed by atoms with van der Waals surface area (Å²) in [6, 6.07) is 54.0. The lowest BCUT2D eigenvalue weighted by Gasteiger charge is -2.29. The molecule has 6 aromatic rings. The van der Waals surface area contributed by atoms with Crippen LogP contribution in [0.4, 0.5) is 17.1 Å². The highest BCUT2D eigenvalue weighted by atomic mass is 15.1. The second-order valence-corrected chi connectivity index (χ2v) is 13.7. The van der Waals surface area contributed by atoms with Gasteiger partial charge in [0, 0.05) is 22.5 Å². The molecule has 6 aromatic carbocycles. The van der Waals surface area contributed by atoms with Crippen LogP contribution in [0.2, 0.25) is 0 Å². The molecule has 0 unspecified atom stereocenters. The Balaban J connectivity index is 1.19. The van der Waals surface area contributed by atoms with Crippen LogP contribution in [-0.2, 0) is 5.41 Å². The van der Waals surface area contributed by atoms with Crippen molar-refractivity contribution in [2.24, 2.45) is 0 Å². The van der Waals surface area contributed by atoms with E-state index in [1.807, 2.05) is 0 Å². The van der Waals surface area contributed by atoms with Gasteiger partial charge < -0.3 is 4.90 Å². The first-order valence-electron chi connectivity index (χ1n) is 17.0. The van der Waals surface area contributed by atoms with E-state index in [0.717, 1.165) is 0 Å². The summed E-state index contributed by atoms with van der Waals surface area (Å²) in [5.74, 6) is 0.696. The Morgan fingerprint density at radius 3 is 1.74 bits per heavy atom. The van der Waals surface area contributed by atoms with E-state index in [0.29, 0.717) is 5.92 Å². The standard InChI is InChI=1S/C45H41N/c1-45(2)43-19-10-9-18-41(43)42-29-28-40(31-44(42)45)46(38-24-20-34(21-25-38)32-12-5-3-6-13-32)39-26-22-35(23-27-39)37-17-11-16-36(30-37)33-14-7-4-8-15-33/h4,7-11,14-32H,3,5-6,12-13H2,1-2H3. The van der Waals surface area contributed by atoms with E-state index >= 15 is 0 Å². The molecular weight excluding hydrogens is 555 g/mol. The molecule has 1 nitrogen and oxygen atoms in total. The average molecular weight is 596 g/mol. The summed E-state index contributed by atoms with van der Waals surface area (Å²) < 4.78 is 0. The average Bonchev–Trinajstić information content (AvgIpc) is 3.35. The van der Waals surface area contributed by atoms with Crippen LogP contribution in [0.5, 0.6) is 0 Å². The van der Waals surface area contributed by atoms with Gasteiger partial charge in [0.2, 0.25) is 0 Å². The molecular formula is C45H41N. The van der Waals surface area contributed by atoms with Crippen molar-refractivity contribution >= 4 is 17.1 Å². The van der Waals surface area contributed by atoms with Crippen molar-refractivity contribution in [1.82, 2.24) is 0 Å². The maximum atomic E-state index is 2.44. The van der Waals surface area contributed by atoms with Gasteiger partial charge in [0.25, 0.3) is 0 Å². The van der Waals surface area contributed by atoms with E-state index < -0.39 is 0 Å². The maximum Gasteiger partial charge on any atom is 0.0465 e. The molecule has 2 aliphatic carbocycles. The number of hydrogen-bond donors (Lipinski definition) is 0. The van der Waals surface area contributed by atoms with Crippen molar-refractivity contribution in [2.45, 2.75) is 57.3 Å². The van der Waals surface area contributed by atoms with Crippen LogP contribution in [0.1, 0.15) is 68.6 Å². The zero-order valence-electron chi connectivity index (χ0n) is 26.9. The third-order valence-electron chi connectivity index (χ3n) is 10.5. The van der Waals surface area contributed by atoms with E-state index in [1.165, 1.54) is 99.2 Å². The lowest BCUT2D eigenvalue weighted by atomic mass is 9.82. The number of nitrogens with zero attached hydrogens (tertiary/aromatic N) is 1. The maximum absolute atomic E-state index is 2.44. The van der Waals surface area contributed by atoms with Gasteiger partial charge in [-0.2, -0.15) is 0 Å². The zero-order valence-corrected chi connectivity index (χ0v) is 26.9. The first kappa shape index (κ1) is 28.6. The van der Waals surface area contributed by atoms with Crippen LogP contribution in [0.15, 0.2) is 146 Å². The predicted octanol–water partition coefficient (Wildman–Crippen LogP) is 12.8. The Kier molecular flexibility index (Phi) is 7.34. The van der Waals surface area contributed by atoms with E-state index in [1.54, 1.807) is 0 Å². The number of rotatable bonds is 6. The predicted molar refractivity (Wildman–Crippen MR) is 195 cm³/mol.